The number of rotatable bonds is 8. The van der Waals surface area contributed by atoms with Crippen LogP contribution in [0.2, 0.25) is 0 Å². The molecule has 0 saturated carbocycles. The molecule has 5 rings (SSSR count). The Bertz CT molecular complexity index is 1810. The summed E-state index contributed by atoms with van der Waals surface area (Å²) in [4.78, 5) is 48.8. The molecule has 224 valence electrons. The molecule has 2 atom stereocenters. The molecule has 0 fully saturated rings. The normalized spacial score (nSPS) is 15.1. The number of anilines is 2. The number of amides is 4. The van der Waals surface area contributed by atoms with Gasteiger partial charge in [0.2, 0.25) is 11.8 Å². The van der Waals surface area contributed by atoms with Crippen molar-refractivity contribution in [3.63, 3.8) is 0 Å². The Morgan fingerprint density at radius 1 is 1.12 bits per heavy atom. The topological polar surface area (TPSA) is 154 Å². The lowest BCUT2D eigenvalue weighted by atomic mass is 10.0. The first-order valence-electron chi connectivity index (χ1n) is 12.8. The van der Waals surface area contributed by atoms with Crippen LogP contribution in [-0.4, -0.2) is 62.4 Å². The van der Waals surface area contributed by atoms with Gasteiger partial charge < -0.3 is 15.5 Å². The van der Waals surface area contributed by atoms with E-state index in [1.807, 2.05) is 4.72 Å². The molecule has 1 aliphatic heterocycles. The number of fused-ring (bicyclic) bond motifs is 2. The molecule has 1 aliphatic rings. The van der Waals surface area contributed by atoms with Gasteiger partial charge in [0.1, 0.15) is 29.5 Å². The van der Waals surface area contributed by atoms with E-state index in [0.29, 0.717) is 27.1 Å². The van der Waals surface area contributed by atoms with Gasteiger partial charge >= 0.3 is 16.2 Å². The average molecular weight is 630 g/mol. The van der Waals surface area contributed by atoms with E-state index in [1.165, 1.54) is 36.5 Å². The highest BCUT2D eigenvalue weighted by atomic mass is 32.2. The minimum Gasteiger partial charge on any atom is -0.357 e. The monoisotopic (exact) mass is 629 g/mol. The van der Waals surface area contributed by atoms with Crippen LogP contribution in [0.4, 0.5) is 25.1 Å². The Morgan fingerprint density at radius 3 is 2.58 bits per heavy atom. The number of carbonyl (C=O) groups is 3. The summed E-state index contributed by atoms with van der Waals surface area (Å²) in [5, 5.41) is 4.72. The number of pyridine rings is 1. The minimum absolute atomic E-state index is 0.0196. The van der Waals surface area contributed by atoms with Gasteiger partial charge in [-0.25, -0.2) is 32.6 Å². The average Bonchev–Trinajstić information content (AvgIpc) is 3.59. The first kappa shape index (κ1) is 29.8. The summed E-state index contributed by atoms with van der Waals surface area (Å²) in [6, 6.07) is 6.95. The van der Waals surface area contributed by atoms with E-state index >= 15 is 0 Å². The lowest BCUT2D eigenvalue weighted by Crippen LogP contribution is -2.57. The number of thiazole rings is 1. The number of halogens is 2. The number of nitrogens with zero attached hydrogens (tertiary/aromatic N) is 4. The highest BCUT2D eigenvalue weighted by Gasteiger charge is 2.43. The summed E-state index contributed by atoms with van der Waals surface area (Å²) >= 11 is 1.41. The van der Waals surface area contributed by atoms with Gasteiger partial charge in [0, 0.05) is 44.9 Å². The number of urea groups is 1. The fourth-order valence-electron chi connectivity index (χ4n) is 4.81. The summed E-state index contributed by atoms with van der Waals surface area (Å²) in [7, 11) is -1.95. The molecule has 3 heterocycles. The lowest BCUT2D eigenvalue weighted by molar-refractivity contribution is -0.121. The maximum absolute atomic E-state index is 14.0. The van der Waals surface area contributed by atoms with Crippen LogP contribution >= 0.6 is 11.3 Å². The Hall–Kier alpha value is -4.70. The van der Waals surface area contributed by atoms with Crippen LogP contribution in [0, 0.1) is 11.6 Å². The van der Waals surface area contributed by atoms with Crippen LogP contribution in [-0.2, 0) is 32.6 Å². The first-order chi connectivity index (χ1) is 20.5. The first-order valence-corrected chi connectivity index (χ1v) is 15.1. The molecule has 0 bridgehead atoms. The number of likely N-dealkylation sites (N-methyl/N-ethyl adjacent to an activating group) is 2. The highest BCUT2D eigenvalue weighted by Crippen LogP contribution is 2.32. The van der Waals surface area contributed by atoms with Gasteiger partial charge in [-0.1, -0.05) is 6.07 Å². The molecule has 0 aliphatic carbocycles. The van der Waals surface area contributed by atoms with Crippen molar-refractivity contribution in [2.75, 3.05) is 23.3 Å². The van der Waals surface area contributed by atoms with Crippen LogP contribution in [0.5, 0.6) is 0 Å². The zero-order chi connectivity index (χ0) is 30.9. The number of hydrogen-bond acceptors (Lipinski definition) is 8. The Kier molecular flexibility index (Phi) is 8.23. The van der Waals surface area contributed by atoms with Crippen molar-refractivity contribution in [1.82, 2.24) is 25.3 Å². The molecule has 2 aromatic heterocycles. The molecule has 16 heteroatoms. The Labute approximate surface area is 248 Å². The molecule has 0 saturated heterocycles. The smallest absolute Gasteiger partial charge is 0.330 e. The lowest BCUT2D eigenvalue weighted by Gasteiger charge is -2.27. The van der Waals surface area contributed by atoms with Gasteiger partial charge in [-0.15, -0.1) is 11.3 Å². The van der Waals surface area contributed by atoms with Gasteiger partial charge in [0.05, 0.1) is 15.7 Å². The molecule has 0 radical (unpaired) electrons. The van der Waals surface area contributed by atoms with Gasteiger partial charge in [-0.05, 0) is 47.5 Å². The minimum atomic E-state index is -4.73. The van der Waals surface area contributed by atoms with Crippen molar-refractivity contribution in [3.05, 3.63) is 83.0 Å². The van der Waals surface area contributed by atoms with Crippen LogP contribution in [0.25, 0.3) is 10.2 Å². The largest absolute Gasteiger partial charge is 0.357 e. The quantitative estimate of drug-likeness (QED) is 0.270. The molecule has 1 unspecified atom stereocenters. The summed E-state index contributed by atoms with van der Waals surface area (Å²) in [5.41, 5.74) is 3.21. The van der Waals surface area contributed by atoms with Crippen molar-refractivity contribution >= 4 is 61.1 Å². The maximum Gasteiger partial charge on any atom is 0.330 e. The van der Waals surface area contributed by atoms with Crippen molar-refractivity contribution in [1.29, 1.82) is 0 Å². The van der Waals surface area contributed by atoms with E-state index in [2.05, 4.69) is 20.6 Å². The fourth-order valence-corrected chi connectivity index (χ4v) is 6.76. The summed E-state index contributed by atoms with van der Waals surface area (Å²) in [5.74, 6) is -3.14. The van der Waals surface area contributed by atoms with Crippen molar-refractivity contribution < 1.29 is 31.6 Å². The number of benzene rings is 2. The zero-order valence-electron chi connectivity index (χ0n) is 22.7. The molecular formula is C27H25F2N7O5S2. The highest BCUT2D eigenvalue weighted by molar-refractivity contribution is 7.91. The molecule has 4 amide bonds. The summed E-state index contributed by atoms with van der Waals surface area (Å²) in [6.45, 7) is 0. The van der Waals surface area contributed by atoms with Gasteiger partial charge in [0.25, 0.3) is 0 Å². The summed E-state index contributed by atoms with van der Waals surface area (Å²) < 4.78 is 58.2. The molecule has 0 spiro atoms. The van der Waals surface area contributed by atoms with E-state index in [0.717, 1.165) is 16.8 Å². The predicted molar refractivity (Wildman–Crippen MR) is 156 cm³/mol. The van der Waals surface area contributed by atoms with E-state index in [9.17, 15) is 31.6 Å². The van der Waals surface area contributed by atoms with Crippen LogP contribution in [0.3, 0.4) is 0 Å². The van der Waals surface area contributed by atoms with Gasteiger partial charge in [0.15, 0.2) is 0 Å². The van der Waals surface area contributed by atoms with E-state index < -0.39 is 51.8 Å². The number of hydrogen-bond donors (Lipinski definition) is 3. The second-order valence-electron chi connectivity index (χ2n) is 9.63. The molecule has 3 N–H and O–H groups in total. The summed E-state index contributed by atoms with van der Waals surface area (Å²) in [6.07, 6.45) is 0.990. The number of carbonyl (C=O) groups excluding carboxylic acids is 3. The molecule has 2 aromatic carbocycles. The van der Waals surface area contributed by atoms with Crippen LogP contribution < -0.4 is 24.6 Å². The molecular weight excluding hydrogens is 604 g/mol. The Balaban J connectivity index is 1.41. The van der Waals surface area contributed by atoms with Crippen molar-refractivity contribution in [3.8, 4) is 0 Å². The number of nitrogens with one attached hydrogen (secondary N) is 3. The van der Waals surface area contributed by atoms with Crippen molar-refractivity contribution in [2.45, 2.75) is 24.9 Å². The van der Waals surface area contributed by atoms with Crippen LogP contribution in [0.15, 0.2) is 60.2 Å². The second-order valence-corrected chi connectivity index (χ2v) is 12.1. The van der Waals surface area contributed by atoms with Gasteiger partial charge in [-0.3, -0.25) is 9.59 Å². The van der Waals surface area contributed by atoms with Crippen molar-refractivity contribution in [2.24, 2.45) is 0 Å². The third-order valence-electron chi connectivity index (χ3n) is 6.80. The van der Waals surface area contributed by atoms with Gasteiger partial charge in [-0.2, -0.15) is 8.42 Å². The molecule has 43 heavy (non-hydrogen) atoms. The fraction of sp³-hybridized carbons (Fsp3) is 0.222. The molecule has 12 nitrogen and oxygen atoms in total. The Morgan fingerprint density at radius 2 is 1.86 bits per heavy atom. The molecule has 4 aromatic rings. The van der Waals surface area contributed by atoms with E-state index in [4.69, 9.17) is 0 Å². The van der Waals surface area contributed by atoms with E-state index in [1.54, 1.807) is 35.8 Å². The zero-order valence-corrected chi connectivity index (χ0v) is 24.4. The van der Waals surface area contributed by atoms with E-state index in [-0.39, 0.29) is 24.2 Å². The van der Waals surface area contributed by atoms with Crippen LogP contribution in [0.1, 0.15) is 11.1 Å². The third-order valence-corrected chi connectivity index (χ3v) is 9.00. The SMILES string of the molecule is CNC(=O)C1Cc2cccnc2N1S(=O)(=O)NC(=O)N[C@@H](Cc1cc(F)cc(F)c1)C(=O)N(C)c1ccc2scnc2c1. The standard InChI is InChI=1S/C27H25F2N7O5S2/c1-30-25(37)22-11-16-4-3-7-31-24(16)36(22)43(40,41)34-27(39)33-21(10-15-8-17(28)12-18(29)9-15)26(38)35(2)19-5-6-23-20(13-19)32-14-42-23/h3-9,12-14,21-22H,10-11H2,1-2H3,(H,30,37)(H2,33,34,39)/t21-,22?/m0/s1. The maximum atomic E-state index is 14.0. The third kappa shape index (κ3) is 6.24. The second kappa shape index (κ2) is 11.9. The predicted octanol–water partition coefficient (Wildman–Crippen LogP) is 2.26. The number of aromatic nitrogens is 2.